The van der Waals surface area contributed by atoms with Crippen LogP contribution < -0.4 is 19.7 Å². The summed E-state index contributed by atoms with van der Waals surface area (Å²) in [5.41, 5.74) is 2.18. The molecule has 0 unspecified atom stereocenters. The second-order valence-corrected chi connectivity index (χ2v) is 6.55. The molecule has 2 aromatic carbocycles. The number of hydrazine groups is 1. The van der Waals surface area contributed by atoms with Crippen molar-refractivity contribution in [1.29, 1.82) is 0 Å². The van der Waals surface area contributed by atoms with E-state index in [0.717, 1.165) is 12.1 Å². The van der Waals surface area contributed by atoms with E-state index in [1.165, 1.54) is 30.3 Å². The second-order valence-electron chi connectivity index (χ2n) is 4.87. The molecule has 2 N–H and O–H groups in total. The first-order valence-electron chi connectivity index (χ1n) is 6.93. The molecular weight excluding hydrogens is 339 g/mol. The van der Waals surface area contributed by atoms with Crippen LogP contribution >= 0.6 is 0 Å². The van der Waals surface area contributed by atoms with Crippen LogP contribution in [0.4, 0.5) is 4.39 Å². The van der Waals surface area contributed by atoms with Crippen molar-refractivity contribution in [2.24, 2.45) is 0 Å². The number of hydrogen-bond donors (Lipinski definition) is 2. The van der Waals surface area contributed by atoms with Crippen LogP contribution in [-0.4, -0.2) is 27.5 Å². The van der Waals surface area contributed by atoms with Crippen LogP contribution in [0.25, 0.3) is 0 Å². The Balaban J connectivity index is 1.72. The fourth-order valence-electron chi connectivity index (χ4n) is 2.04. The van der Waals surface area contributed by atoms with E-state index < -0.39 is 21.7 Å². The van der Waals surface area contributed by atoms with Gasteiger partial charge in [0, 0.05) is 11.6 Å². The van der Waals surface area contributed by atoms with Gasteiger partial charge >= 0.3 is 0 Å². The molecule has 126 valence electrons. The van der Waals surface area contributed by atoms with Gasteiger partial charge in [0.25, 0.3) is 15.9 Å². The minimum absolute atomic E-state index is 0.0915. The second kappa shape index (κ2) is 6.46. The number of rotatable bonds is 4. The summed E-state index contributed by atoms with van der Waals surface area (Å²) in [6.07, 6.45) is 0. The summed E-state index contributed by atoms with van der Waals surface area (Å²) in [6.45, 7) is 0.719. The number of ether oxygens (including phenoxy) is 2. The van der Waals surface area contributed by atoms with Gasteiger partial charge in [-0.15, -0.1) is 4.83 Å². The summed E-state index contributed by atoms with van der Waals surface area (Å²) in [7, 11) is -4.00. The average molecular weight is 352 g/mol. The molecule has 1 aliphatic rings. The van der Waals surface area contributed by atoms with Crippen molar-refractivity contribution in [3.63, 3.8) is 0 Å². The van der Waals surface area contributed by atoms with Gasteiger partial charge in [0.15, 0.2) is 11.5 Å². The van der Waals surface area contributed by atoms with E-state index in [2.05, 4.69) is 5.43 Å². The maximum Gasteiger partial charge on any atom is 0.266 e. The van der Waals surface area contributed by atoms with Crippen molar-refractivity contribution < 1.29 is 27.1 Å². The zero-order valence-corrected chi connectivity index (χ0v) is 13.1. The molecule has 1 heterocycles. The van der Waals surface area contributed by atoms with Gasteiger partial charge in [-0.25, -0.2) is 12.8 Å². The predicted molar refractivity (Wildman–Crippen MR) is 81.6 cm³/mol. The van der Waals surface area contributed by atoms with Gasteiger partial charge in [-0.05, 0) is 36.4 Å². The first kappa shape index (κ1) is 16.2. The van der Waals surface area contributed by atoms with Gasteiger partial charge in [-0.2, -0.15) is 0 Å². The molecule has 0 radical (unpaired) electrons. The molecule has 7 nitrogen and oxygen atoms in total. The zero-order valence-electron chi connectivity index (χ0n) is 12.3. The van der Waals surface area contributed by atoms with E-state index in [1.54, 1.807) is 0 Å². The molecule has 0 aromatic heterocycles. The Labute approximate surface area is 137 Å². The molecule has 1 amide bonds. The standard InChI is InChI=1S/C15H13FN2O5S/c16-11-3-1-10(2-4-11)15(19)17-18-24(20,21)12-5-6-13-14(9-12)23-8-7-22-13/h1-6,9,18H,7-8H2,(H,17,19). The van der Waals surface area contributed by atoms with E-state index >= 15 is 0 Å². The minimum atomic E-state index is -4.00. The quantitative estimate of drug-likeness (QED) is 0.807. The summed E-state index contributed by atoms with van der Waals surface area (Å²) in [4.78, 5) is 13.7. The van der Waals surface area contributed by atoms with Gasteiger partial charge in [0.05, 0.1) is 4.90 Å². The molecule has 0 saturated carbocycles. The topological polar surface area (TPSA) is 93.7 Å². The average Bonchev–Trinajstić information content (AvgIpc) is 2.60. The van der Waals surface area contributed by atoms with Crippen LogP contribution in [0, 0.1) is 5.82 Å². The summed E-state index contributed by atoms with van der Waals surface area (Å²) < 4.78 is 47.9. The molecule has 3 rings (SSSR count). The van der Waals surface area contributed by atoms with Crippen LogP contribution in [-0.2, 0) is 10.0 Å². The van der Waals surface area contributed by atoms with Gasteiger partial charge in [-0.3, -0.25) is 10.2 Å². The summed E-state index contributed by atoms with van der Waals surface area (Å²) >= 11 is 0. The zero-order chi connectivity index (χ0) is 17.2. The lowest BCUT2D eigenvalue weighted by molar-refractivity contribution is 0.0945. The fraction of sp³-hybridized carbons (Fsp3) is 0.133. The van der Waals surface area contributed by atoms with Crippen molar-refractivity contribution in [2.45, 2.75) is 4.90 Å². The van der Waals surface area contributed by atoms with Crippen molar-refractivity contribution in [3.8, 4) is 11.5 Å². The third-order valence-electron chi connectivity index (χ3n) is 3.23. The summed E-state index contributed by atoms with van der Waals surface area (Å²) in [5, 5.41) is 0. The number of hydrogen-bond acceptors (Lipinski definition) is 5. The highest BCUT2D eigenvalue weighted by Crippen LogP contribution is 2.31. The lowest BCUT2D eigenvalue weighted by Gasteiger charge is -2.19. The monoisotopic (exact) mass is 352 g/mol. The third kappa shape index (κ3) is 3.47. The van der Waals surface area contributed by atoms with E-state index in [9.17, 15) is 17.6 Å². The Hall–Kier alpha value is -2.65. The molecule has 0 spiro atoms. The van der Waals surface area contributed by atoms with Crippen LogP contribution in [0.15, 0.2) is 47.4 Å². The van der Waals surface area contributed by atoms with E-state index in [-0.39, 0.29) is 10.5 Å². The highest BCUT2D eigenvalue weighted by Gasteiger charge is 2.20. The molecule has 1 aliphatic heterocycles. The van der Waals surface area contributed by atoms with E-state index in [4.69, 9.17) is 9.47 Å². The lowest BCUT2D eigenvalue weighted by Crippen LogP contribution is -2.41. The number of halogens is 1. The summed E-state index contributed by atoms with van der Waals surface area (Å²) in [6, 6.07) is 8.80. The van der Waals surface area contributed by atoms with Crippen molar-refractivity contribution in [1.82, 2.24) is 10.3 Å². The predicted octanol–water partition coefficient (Wildman–Crippen LogP) is 1.22. The number of amides is 1. The SMILES string of the molecule is O=C(NNS(=O)(=O)c1ccc2c(c1)OCCO2)c1ccc(F)cc1. The van der Waals surface area contributed by atoms with Crippen molar-refractivity contribution >= 4 is 15.9 Å². The number of carbonyl (C=O) groups is 1. The maximum absolute atomic E-state index is 12.8. The minimum Gasteiger partial charge on any atom is -0.486 e. The van der Waals surface area contributed by atoms with Gasteiger partial charge < -0.3 is 9.47 Å². The largest absolute Gasteiger partial charge is 0.486 e. The Morgan fingerprint density at radius 2 is 1.67 bits per heavy atom. The molecule has 0 aliphatic carbocycles. The number of carbonyl (C=O) groups excluding carboxylic acids is 1. The summed E-state index contributed by atoms with van der Waals surface area (Å²) in [5.74, 6) is -0.441. The van der Waals surface area contributed by atoms with Crippen LogP contribution in [0.5, 0.6) is 11.5 Å². The Morgan fingerprint density at radius 3 is 2.38 bits per heavy atom. The fourth-order valence-corrected chi connectivity index (χ4v) is 2.89. The normalized spacial score (nSPS) is 13.4. The van der Waals surface area contributed by atoms with Crippen LogP contribution in [0.1, 0.15) is 10.4 Å². The molecule has 0 saturated heterocycles. The van der Waals surface area contributed by atoms with Crippen LogP contribution in [0.3, 0.4) is 0 Å². The number of benzene rings is 2. The number of fused-ring (bicyclic) bond motifs is 1. The smallest absolute Gasteiger partial charge is 0.266 e. The Bertz CT molecular complexity index is 868. The molecule has 0 fully saturated rings. The van der Waals surface area contributed by atoms with Crippen molar-refractivity contribution in [2.75, 3.05) is 13.2 Å². The first-order valence-corrected chi connectivity index (χ1v) is 8.41. The van der Waals surface area contributed by atoms with Gasteiger partial charge in [0.2, 0.25) is 0 Å². The van der Waals surface area contributed by atoms with E-state index in [1.807, 2.05) is 4.83 Å². The Morgan fingerprint density at radius 1 is 1.00 bits per heavy atom. The molecule has 0 bridgehead atoms. The number of sulfonamides is 1. The molecule has 24 heavy (non-hydrogen) atoms. The van der Waals surface area contributed by atoms with Crippen molar-refractivity contribution in [3.05, 3.63) is 53.8 Å². The van der Waals surface area contributed by atoms with Crippen LogP contribution in [0.2, 0.25) is 0 Å². The van der Waals surface area contributed by atoms with Gasteiger partial charge in [0.1, 0.15) is 19.0 Å². The molecule has 2 aromatic rings. The molecular formula is C15H13FN2O5S. The number of nitrogens with one attached hydrogen (secondary N) is 2. The highest BCUT2D eigenvalue weighted by molar-refractivity contribution is 7.89. The highest BCUT2D eigenvalue weighted by atomic mass is 32.2. The maximum atomic E-state index is 12.8. The first-order chi connectivity index (χ1) is 11.5. The van der Waals surface area contributed by atoms with Gasteiger partial charge in [-0.1, -0.05) is 0 Å². The Kier molecular flexibility index (Phi) is 4.36. The molecule has 9 heteroatoms. The third-order valence-corrected chi connectivity index (χ3v) is 4.47. The van der Waals surface area contributed by atoms with E-state index in [0.29, 0.717) is 24.7 Å². The molecule has 0 atom stereocenters. The lowest BCUT2D eigenvalue weighted by atomic mass is 10.2.